The van der Waals surface area contributed by atoms with E-state index < -0.39 is 9.84 Å². The Balaban J connectivity index is 1.78. The minimum absolute atomic E-state index is 0.237. The number of benzene rings is 2. The molecule has 0 aliphatic rings. The molecule has 0 radical (unpaired) electrons. The molecule has 3 aromatic rings. The van der Waals surface area contributed by atoms with Gasteiger partial charge in [0, 0.05) is 12.3 Å². The number of aromatic nitrogens is 1. The molecule has 2 aromatic carbocycles. The largest absolute Gasteiger partial charge is 0.298 e. The lowest BCUT2D eigenvalue weighted by molar-refractivity contribution is -0.111. The number of nitrogens with zero attached hydrogens (tertiary/aromatic N) is 1. The number of thiazole rings is 1. The number of hydrogen-bond donors (Lipinski definition) is 1. The minimum Gasteiger partial charge on any atom is -0.298 e. The number of carbonyl (C=O) groups is 1. The van der Waals surface area contributed by atoms with Gasteiger partial charge in [0.05, 0.1) is 15.1 Å². The van der Waals surface area contributed by atoms with E-state index in [0.29, 0.717) is 15.3 Å². The molecule has 0 aliphatic heterocycles. The SMILES string of the molecule is CS(=O)(=O)c1ccc2nc(NC(=O)C=Cc3ccccc3)sc2c1. The summed E-state index contributed by atoms with van der Waals surface area (Å²) in [6, 6.07) is 14.2. The first-order valence-corrected chi connectivity index (χ1v) is 9.77. The highest BCUT2D eigenvalue weighted by Crippen LogP contribution is 2.28. The fourth-order valence-corrected chi connectivity index (χ4v) is 3.70. The van der Waals surface area contributed by atoms with Gasteiger partial charge in [0.2, 0.25) is 5.91 Å². The molecule has 1 amide bonds. The van der Waals surface area contributed by atoms with E-state index in [9.17, 15) is 13.2 Å². The summed E-state index contributed by atoms with van der Waals surface area (Å²) < 4.78 is 23.9. The third-order valence-corrected chi connectivity index (χ3v) is 5.29. The molecule has 3 rings (SSSR count). The topological polar surface area (TPSA) is 76.1 Å². The van der Waals surface area contributed by atoms with Gasteiger partial charge in [-0.25, -0.2) is 13.4 Å². The molecule has 122 valence electrons. The van der Waals surface area contributed by atoms with E-state index >= 15 is 0 Å². The first-order chi connectivity index (χ1) is 11.4. The van der Waals surface area contributed by atoms with E-state index in [2.05, 4.69) is 10.3 Å². The Labute approximate surface area is 143 Å². The molecule has 1 aromatic heterocycles. The van der Waals surface area contributed by atoms with Crippen LogP contribution in [0.1, 0.15) is 5.56 Å². The average Bonchev–Trinajstić information content (AvgIpc) is 2.94. The van der Waals surface area contributed by atoms with Gasteiger partial charge >= 0.3 is 0 Å². The van der Waals surface area contributed by atoms with Crippen LogP contribution in [0.5, 0.6) is 0 Å². The second-order valence-electron chi connectivity index (χ2n) is 5.15. The second-order valence-corrected chi connectivity index (χ2v) is 8.20. The molecule has 0 spiro atoms. The van der Waals surface area contributed by atoms with Crippen molar-refractivity contribution in [3.63, 3.8) is 0 Å². The molecule has 0 aliphatic carbocycles. The van der Waals surface area contributed by atoms with E-state index in [4.69, 9.17) is 0 Å². The van der Waals surface area contributed by atoms with Crippen molar-refractivity contribution < 1.29 is 13.2 Å². The fourth-order valence-electron chi connectivity index (χ4n) is 2.07. The van der Waals surface area contributed by atoms with Gasteiger partial charge in [-0.3, -0.25) is 10.1 Å². The van der Waals surface area contributed by atoms with E-state index in [0.717, 1.165) is 11.8 Å². The van der Waals surface area contributed by atoms with Gasteiger partial charge in [0.15, 0.2) is 15.0 Å². The number of anilines is 1. The maximum atomic E-state index is 12.0. The van der Waals surface area contributed by atoms with Crippen molar-refractivity contribution in [2.45, 2.75) is 4.90 Å². The number of amides is 1. The number of nitrogens with one attached hydrogen (secondary N) is 1. The Bertz CT molecular complexity index is 1020. The quantitative estimate of drug-likeness (QED) is 0.726. The summed E-state index contributed by atoms with van der Waals surface area (Å²) in [6.45, 7) is 0. The molecule has 1 N–H and O–H groups in total. The second kappa shape index (κ2) is 6.54. The zero-order chi connectivity index (χ0) is 17.2. The molecule has 0 unspecified atom stereocenters. The molecular formula is C17H14N2O3S2. The normalized spacial score (nSPS) is 11.9. The predicted molar refractivity (Wildman–Crippen MR) is 96.8 cm³/mol. The summed E-state index contributed by atoms with van der Waals surface area (Å²) in [5.41, 5.74) is 1.57. The number of fused-ring (bicyclic) bond motifs is 1. The van der Waals surface area contributed by atoms with Crippen LogP contribution >= 0.6 is 11.3 Å². The smallest absolute Gasteiger partial charge is 0.250 e. The lowest BCUT2D eigenvalue weighted by Gasteiger charge is -1.96. The van der Waals surface area contributed by atoms with Crippen molar-refractivity contribution in [1.82, 2.24) is 4.98 Å². The maximum Gasteiger partial charge on any atom is 0.250 e. The zero-order valence-corrected chi connectivity index (χ0v) is 14.4. The van der Waals surface area contributed by atoms with Gasteiger partial charge < -0.3 is 0 Å². The lowest BCUT2D eigenvalue weighted by atomic mass is 10.2. The number of carbonyl (C=O) groups excluding carboxylic acids is 1. The Kier molecular flexibility index (Phi) is 4.46. The number of hydrogen-bond acceptors (Lipinski definition) is 5. The van der Waals surface area contributed by atoms with E-state index in [1.165, 1.54) is 23.5 Å². The highest BCUT2D eigenvalue weighted by Gasteiger charge is 2.11. The molecular weight excluding hydrogens is 344 g/mol. The van der Waals surface area contributed by atoms with Gasteiger partial charge in [-0.1, -0.05) is 41.7 Å². The molecule has 0 saturated carbocycles. The van der Waals surface area contributed by atoms with Crippen LogP contribution in [0.3, 0.4) is 0 Å². The number of sulfone groups is 1. The summed E-state index contributed by atoms with van der Waals surface area (Å²) >= 11 is 1.24. The molecule has 0 saturated heterocycles. The highest BCUT2D eigenvalue weighted by molar-refractivity contribution is 7.90. The third-order valence-electron chi connectivity index (χ3n) is 3.24. The van der Waals surface area contributed by atoms with Crippen LogP contribution in [-0.4, -0.2) is 25.6 Å². The Morgan fingerprint density at radius 2 is 1.92 bits per heavy atom. The third kappa shape index (κ3) is 3.87. The van der Waals surface area contributed by atoms with Gasteiger partial charge in [-0.05, 0) is 29.8 Å². The maximum absolute atomic E-state index is 12.0. The van der Waals surface area contributed by atoms with Crippen LogP contribution in [0.25, 0.3) is 16.3 Å². The van der Waals surface area contributed by atoms with Crippen LogP contribution in [0.4, 0.5) is 5.13 Å². The first kappa shape index (κ1) is 16.4. The summed E-state index contributed by atoms with van der Waals surface area (Å²) in [5, 5.41) is 3.12. The molecule has 5 nitrogen and oxygen atoms in total. The van der Waals surface area contributed by atoms with Crippen molar-refractivity contribution in [3.8, 4) is 0 Å². The van der Waals surface area contributed by atoms with E-state index in [1.807, 2.05) is 30.3 Å². The zero-order valence-electron chi connectivity index (χ0n) is 12.8. The lowest BCUT2D eigenvalue weighted by Crippen LogP contribution is -2.07. The van der Waals surface area contributed by atoms with Crippen molar-refractivity contribution in [1.29, 1.82) is 0 Å². The number of rotatable bonds is 4. The van der Waals surface area contributed by atoms with E-state index in [1.54, 1.807) is 18.2 Å². The molecule has 1 heterocycles. The molecule has 0 bridgehead atoms. The molecule has 24 heavy (non-hydrogen) atoms. The minimum atomic E-state index is -3.27. The summed E-state index contributed by atoms with van der Waals surface area (Å²) in [5.74, 6) is -0.291. The Hall–Kier alpha value is -2.51. The fraction of sp³-hybridized carbons (Fsp3) is 0.0588. The van der Waals surface area contributed by atoms with Crippen LogP contribution in [0.2, 0.25) is 0 Å². The summed E-state index contributed by atoms with van der Waals surface area (Å²) in [4.78, 5) is 16.5. The van der Waals surface area contributed by atoms with Crippen LogP contribution < -0.4 is 5.32 Å². The molecule has 0 fully saturated rings. The van der Waals surface area contributed by atoms with Crippen molar-refractivity contribution >= 4 is 48.5 Å². The van der Waals surface area contributed by atoms with E-state index in [-0.39, 0.29) is 10.8 Å². The van der Waals surface area contributed by atoms with Crippen LogP contribution in [0, 0.1) is 0 Å². The molecule has 0 atom stereocenters. The summed E-state index contributed by atoms with van der Waals surface area (Å²) in [7, 11) is -3.27. The Morgan fingerprint density at radius 1 is 1.17 bits per heavy atom. The van der Waals surface area contributed by atoms with Gasteiger partial charge in [0.25, 0.3) is 0 Å². The van der Waals surface area contributed by atoms with Crippen molar-refractivity contribution in [2.75, 3.05) is 11.6 Å². The standard InChI is InChI=1S/C17H14N2O3S2/c1-24(21,22)13-8-9-14-15(11-13)23-17(18-14)19-16(20)10-7-12-5-3-2-4-6-12/h2-11H,1H3,(H,18,19,20). The first-order valence-electron chi connectivity index (χ1n) is 7.06. The monoisotopic (exact) mass is 358 g/mol. The van der Waals surface area contributed by atoms with Gasteiger partial charge in [0.1, 0.15) is 0 Å². The highest BCUT2D eigenvalue weighted by atomic mass is 32.2. The van der Waals surface area contributed by atoms with Crippen molar-refractivity contribution in [3.05, 3.63) is 60.2 Å². The van der Waals surface area contributed by atoms with Crippen molar-refractivity contribution in [2.24, 2.45) is 0 Å². The van der Waals surface area contributed by atoms with Crippen LogP contribution in [-0.2, 0) is 14.6 Å². The van der Waals surface area contributed by atoms with Gasteiger partial charge in [-0.2, -0.15) is 0 Å². The Morgan fingerprint density at radius 3 is 2.62 bits per heavy atom. The average molecular weight is 358 g/mol. The van der Waals surface area contributed by atoms with Gasteiger partial charge in [-0.15, -0.1) is 0 Å². The molecule has 7 heteroatoms. The predicted octanol–water partition coefficient (Wildman–Crippen LogP) is 3.35. The summed E-state index contributed by atoms with van der Waals surface area (Å²) in [6.07, 6.45) is 4.31. The van der Waals surface area contributed by atoms with Crippen LogP contribution in [0.15, 0.2) is 59.5 Å².